The summed E-state index contributed by atoms with van der Waals surface area (Å²) in [6, 6.07) is 0. The fourth-order valence-electron chi connectivity index (χ4n) is 1.88. The van der Waals surface area contributed by atoms with E-state index in [9.17, 15) is 9.59 Å². The van der Waals surface area contributed by atoms with E-state index in [1.165, 1.54) is 6.08 Å². The third-order valence-corrected chi connectivity index (χ3v) is 2.90. The number of aliphatic carboxylic acids is 1. The van der Waals surface area contributed by atoms with E-state index in [0.717, 1.165) is 0 Å². The van der Waals surface area contributed by atoms with Crippen LogP contribution in [0.4, 0.5) is 0 Å². The second kappa shape index (κ2) is 4.04. The summed E-state index contributed by atoms with van der Waals surface area (Å²) in [6.07, 6.45) is 2.95. The number of carbonyl (C=O) groups is 2. The van der Waals surface area contributed by atoms with Crippen molar-refractivity contribution in [2.24, 2.45) is 17.3 Å². The van der Waals surface area contributed by atoms with Crippen molar-refractivity contribution < 1.29 is 19.4 Å². The van der Waals surface area contributed by atoms with Crippen LogP contribution in [0.15, 0.2) is 12.2 Å². The number of hydrogen-bond acceptors (Lipinski definition) is 3. The van der Waals surface area contributed by atoms with Crippen LogP contribution in [0.3, 0.4) is 0 Å². The van der Waals surface area contributed by atoms with Crippen LogP contribution in [-0.2, 0) is 14.3 Å². The summed E-state index contributed by atoms with van der Waals surface area (Å²) in [4.78, 5) is 21.8. The molecule has 4 nitrogen and oxygen atoms in total. The maximum atomic E-state index is 11.0. The molecule has 0 unspecified atom stereocenters. The van der Waals surface area contributed by atoms with E-state index in [1.54, 1.807) is 13.0 Å². The predicted octanol–water partition coefficient (Wildman–Crippen LogP) is 1.46. The minimum atomic E-state index is -0.807. The molecule has 1 N–H and O–H groups in total. The molecule has 0 spiro atoms. The summed E-state index contributed by atoms with van der Waals surface area (Å²) in [7, 11) is 0. The molecule has 0 aliphatic heterocycles. The summed E-state index contributed by atoms with van der Waals surface area (Å²) in [5.41, 5.74) is -0.255. The zero-order valence-electron chi connectivity index (χ0n) is 9.19. The van der Waals surface area contributed by atoms with Gasteiger partial charge >= 0.3 is 11.9 Å². The standard InChI is InChI=1S/C11H16O4/c1-4-15-8(12)6-5-7-9(10(13)14)11(7,2)3/h5-7,9H,4H2,1-3H3,(H,13,14)/b6-5-/t7-,9-/m0/s1. The highest BCUT2D eigenvalue weighted by Gasteiger charge is 2.60. The first-order valence-electron chi connectivity index (χ1n) is 4.99. The van der Waals surface area contributed by atoms with Gasteiger partial charge in [0.2, 0.25) is 0 Å². The largest absolute Gasteiger partial charge is 0.481 e. The first-order valence-corrected chi connectivity index (χ1v) is 4.99. The molecule has 84 valence electrons. The van der Waals surface area contributed by atoms with Crippen molar-refractivity contribution in [3.8, 4) is 0 Å². The van der Waals surface area contributed by atoms with Gasteiger partial charge in [-0.25, -0.2) is 4.79 Å². The lowest BCUT2D eigenvalue weighted by Gasteiger charge is -1.97. The fraction of sp³-hybridized carbons (Fsp3) is 0.636. The highest BCUT2D eigenvalue weighted by atomic mass is 16.5. The average molecular weight is 212 g/mol. The Hall–Kier alpha value is -1.32. The van der Waals surface area contributed by atoms with Gasteiger partial charge in [0.1, 0.15) is 0 Å². The molecule has 4 heteroatoms. The van der Waals surface area contributed by atoms with Crippen molar-refractivity contribution in [3.63, 3.8) is 0 Å². The molecule has 0 amide bonds. The molecule has 0 saturated heterocycles. The molecule has 1 aliphatic rings. The highest BCUT2D eigenvalue weighted by molar-refractivity contribution is 5.83. The van der Waals surface area contributed by atoms with Crippen LogP contribution in [0.5, 0.6) is 0 Å². The van der Waals surface area contributed by atoms with Crippen molar-refractivity contribution >= 4 is 11.9 Å². The zero-order valence-corrected chi connectivity index (χ0v) is 9.19. The Morgan fingerprint density at radius 2 is 2.07 bits per heavy atom. The molecule has 0 aromatic rings. The zero-order chi connectivity index (χ0) is 11.6. The van der Waals surface area contributed by atoms with E-state index >= 15 is 0 Å². The van der Waals surface area contributed by atoms with Crippen LogP contribution in [0.2, 0.25) is 0 Å². The molecule has 1 saturated carbocycles. The Labute approximate surface area is 88.9 Å². The smallest absolute Gasteiger partial charge is 0.330 e. The summed E-state index contributed by atoms with van der Waals surface area (Å²) in [5, 5.41) is 8.88. The predicted molar refractivity (Wildman–Crippen MR) is 54.2 cm³/mol. The second-order valence-corrected chi connectivity index (χ2v) is 4.27. The van der Waals surface area contributed by atoms with Gasteiger partial charge in [0.25, 0.3) is 0 Å². The van der Waals surface area contributed by atoms with E-state index in [-0.39, 0.29) is 17.3 Å². The minimum absolute atomic E-state index is 0.0700. The normalized spacial score (nSPS) is 27.7. The summed E-state index contributed by atoms with van der Waals surface area (Å²) >= 11 is 0. The number of carboxylic acid groups (broad SMARTS) is 1. The highest BCUT2D eigenvalue weighted by Crippen LogP contribution is 2.58. The van der Waals surface area contributed by atoms with Crippen LogP contribution < -0.4 is 0 Å². The fourth-order valence-corrected chi connectivity index (χ4v) is 1.88. The molecule has 1 rings (SSSR count). The van der Waals surface area contributed by atoms with Crippen molar-refractivity contribution in [1.82, 2.24) is 0 Å². The van der Waals surface area contributed by atoms with Gasteiger partial charge in [-0.1, -0.05) is 19.9 Å². The maximum Gasteiger partial charge on any atom is 0.330 e. The molecule has 0 aromatic heterocycles. The molecular weight excluding hydrogens is 196 g/mol. The Morgan fingerprint density at radius 3 is 2.47 bits per heavy atom. The molecule has 0 aromatic carbocycles. The summed E-state index contributed by atoms with van der Waals surface area (Å²) in [6.45, 7) is 5.82. The Morgan fingerprint density at radius 1 is 1.47 bits per heavy atom. The number of rotatable bonds is 4. The van der Waals surface area contributed by atoms with Crippen LogP contribution in [0.25, 0.3) is 0 Å². The SMILES string of the molecule is CCOC(=O)/C=C\[C@H]1[C@@H](C(=O)O)C1(C)C. The average Bonchev–Trinajstić information content (AvgIpc) is 2.65. The molecule has 1 fully saturated rings. The number of allylic oxidation sites excluding steroid dienone is 1. The summed E-state index contributed by atoms with van der Waals surface area (Å²) in [5.74, 6) is -1.68. The van der Waals surface area contributed by atoms with Gasteiger partial charge in [0.05, 0.1) is 12.5 Å². The lowest BCUT2D eigenvalue weighted by Crippen LogP contribution is -2.03. The van der Waals surface area contributed by atoms with Gasteiger partial charge in [-0.3, -0.25) is 4.79 Å². The van der Waals surface area contributed by atoms with Crippen LogP contribution >= 0.6 is 0 Å². The third-order valence-electron chi connectivity index (χ3n) is 2.90. The van der Waals surface area contributed by atoms with Crippen molar-refractivity contribution in [2.75, 3.05) is 6.61 Å². The lowest BCUT2D eigenvalue weighted by atomic mass is 10.1. The summed E-state index contributed by atoms with van der Waals surface area (Å²) < 4.78 is 4.71. The van der Waals surface area contributed by atoms with Gasteiger partial charge in [0.15, 0.2) is 0 Å². The monoisotopic (exact) mass is 212 g/mol. The molecule has 0 bridgehead atoms. The van der Waals surface area contributed by atoms with Crippen LogP contribution in [-0.4, -0.2) is 23.7 Å². The number of hydrogen-bond donors (Lipinski definition) is 1. The third kappa shape index (κ3) is 2.37. The molecular formula is C11H16O4. The Bertz CT molecular complexity index is 304. The van der Waals surface area contributed by atoms with E-state index in [4.69, 9.17) is 9.84 Å². The van der Waals surface area contributed by atoms with E-state index in [2.05, 4.69) is 0 Å². The van der Waals surface area contributed by atoms with E-state index < -0.39 is 11.9 Å². The molecule has 0 radical (unpaired) electrons. The number of esters is 1. The van der Waals surface area contributed by atoms with Gasteiger partial charge in [0, 0.05) is 6.08 Å². The molecule has 1 aliphatic carbocycles. The lowest BCUT2D eigenvalue weighted by molar-refractivity contribution is -0.140. The number of carboxylic acids is 1. The first-order chi connectivity index (χ1) is 6.91. The second-order valence-electron chi connectivity index (χ2n) is 4.27. The molecule has 15 heavy (non-hydrogen) atoms. The van der Waals surface area contributed by atoms with E-state index in [1.807, 2.05) is 13.8 Å². The van der Waals surface area contributed by atoms with Crippen molar-refractivity contribution in [1.29, 1.82) is 0 Å². The number of carbonyl (C=O) groups excluding carboxylic acids is 1. The van der Waals surface area contributed by atoms with Gasteiger partial charge in [-0.2, -0.15) is 0 Å². The quantitative estimate of drug-likeness (QED) is 0.566. The maximum absolute atomic E-state index is 11.0. The van der Waals surface area contributed by atoms with Crippen LogP contribution in [0, 0.1) is 17.3 Å². The Kier molecular flexibility index (Phi) is 3.17. The number of ether oxygens (including phenoxy) is 1. The van der Waals surface area contributed by atoms with Crippen LogP contribution in [0.1, 0.15) is 20.8 Å². The minimum Gasteiger partial charge on any atom is -0.481 e. The molecule has 0 heterocycles. The van der Waals surface area contributed by atoms with E-state index in [0.29, 0.717) is 6.61 Å². The molecule has 2 atom stereocenters. The van der Waals surface area contributed by atoms with Gasteiger partial charge in [-0.15, -0.1) is 0 Å². The van der Waals surface area contributed by atoms with Gasteiger partial charge < -0.3 is 9.84 Å². The Balaban J connectivity index is 2.55. The van der Waals surface area contributed by atoms with Crippen molar-refractivity contribution in [3.05, 3.63) is 12.2 Å². The first kappa shape index (κ1) is 11.8. The van der Waals surface area contributed by atoms with Gasteiger partial charge in [-0.05, 0) is 18.3 Å². The van der Waals surface area contributed by atoms with Crippen molar-refractivity contribution in [2.45, 2.75) is 20.8 Å². The topological polar surface area (TPSA) is 63.6 Å².